The number of aromatic nitrogens is 2. The molecule has 0 aliphatic carbocycles. The fourth-order valence-corrected chi connectivity index (χ4v) is 1.94. The summed E-state index contributed by atoms with van der Waals surface area (Å²) >= 11 is 0. The summed E-state index contributed by atoms with van der Waals surface area (Å²) in [7, 11) is 0. The molecule has 0 spiro atoms. The molecule has 0 aliphatic heterocycles. The van der Waals surface area contributed by atoms with Crippen molar-refractivity contribution in [3.05, 3.63) is 53.5 Å². The van der Waals surface area contributed by atoms with Gasteiger partial charge in [0.25, 0.3) is 5.91 Å². The Labute approximate surface area is 135 Å². The summed E-state index contributed by atoms with van der Waals surface area (Å²) in [4.78, 5) is 11.9. The van der Waals surface area contributed by atoms with Gasteiger partial charge in [-0.25, -0.2) is 4.39 Å². The number of anilines is 1. The van der Waals surface area contributed by atoms with Crippen LogP contribution < -0.4 is 10.6 Å². The van der Waals surface area contributed by atoms with Crippen LogP contribution in [-0.4, -0.2) is 22.6 Å². The molecule has 23 heavy (non-hydrogen) atoms. The van der Waals surface area contributed by atoms with Gasteiger partial charge in [0.2, 0.25) is 0 Å². The molecule has 0 bridgehead atoms. The first-order chi connectivity index (χ1) is 11.1. The van der Waals surface area contributed by atoms with Crippen LogP contribution in [0.1, 0.15) is 36.3 Å². The van der Waals surface area contributed by atoms with Gasteiger partial charge in [-0.05, 0) is 30.5 Å². The second kappa shape index (κ2) is 8.22. The first-order valence-electron chi connectivity index (χ1n) is 7.65. The van der Waals surface area contributed by atoms with Crippen LogP contribution in [0.15, 0.2) is 36.4 Å². The number of nitrogens with one attached hydrogen (secondary N) is 2. The average Bonchev–Trinajstić information content (AvgIpc) is 2.54. The minimum Gasteiger partial charge on any atom is -0.364 e. The number of amides is 1. The fourth-order valence-electron chi connectivity index (χ4n) is 1.94. The van der Waals surface area contributed by atoms with E-state index in [0.29, 0.717) is 30.4 Å². The van der Waals surface area contributed by atoms with E-state index in [2.05, 4.69) is 34.7 Å². The lowest BCUT2D eigenvalue weighted by atomic mass is 10.1. The van der Waals surface area contributed by atoms with Crippen molar-refractivity contribution < 1.29 is 9.18 Å². The number of rotatable bonds is 7. The first-order valence-corrected chi connectivity index (χ1v) is 7.65. The second-order valence-electron chi connectivity index (χ2n) is 5.69. The van der Waals surface area contributed by atoms with Crippen LogP contribution in [0.3, 0.4) is 0 Å². The molecule has 1 amide bonds. The zero-order valence-electron chi connectivity index (χ0n) is 13.3. The largest absolute Gasteiger partial charge is 0.364 e. The minimum atomic E-state index is -0.269. The van der Waals surface area contributed by atoms with Crippen molar-refractivity contribution in [3.8, 4) is 0 Å². The van der Waals surface area contributed by atoms with Gasteiger partial charge in [0, 0.05) is 18.7 Å². The molecule has 1 aromatic heterocycles. The highest BCUT2D eigenvalue weighted by molar-refractivity contribution is 5.92. The number of nitrogens with zero attached hydrogens (tertiary/aromatic N) is 2. The lowest BCUT2D eigenvalue weighted by molar-refractivity contribution is 0.0946. The standard InChI is InChI=1S/C17H21FN4O/c1-12(2)9-10-19-17(23)15-7-8-16(22-21-15)20-11-13-5-3-4-6-14(13)18/h3-8,12H,9-11H2,1-2H3,(H,19,23)(H,20,22). The first kappa shape index (κ1) is 16.9. The highest BCUT2D eigenvalue weighted by Crippen LogP contribution is 2.09. The smallest absolute Gasteiger partial charge is 0.271 e. The van der Waals surface area contributed by atoms with E-state index in [9.17, 15) is 9.18 Å². The Balaban J connectivity index is 1.87. The summed E-state index contributed by atoms with van der Waals surface area (Å²) in [5.41, 5.74) is 0.815. The van der Waals surface area contributed by atoms with E-state index < -0.39 is 0 Å². The van der Waals surface area contributed by atoms with Crippen molar-refractivity contribution in [1.82, 2.24) is 15.5 Å². The number of halogens is 1. The molecule has 0 radical (unpaired) electrons. The minimum absolute atomic E-state index is 0.237. The SMILES string of the molecule is CC(C)CCNC(=O)c1ccc(NCc2ccccc2F)nn1. The molecule has 0 aliphatic rings. The van der Waals surface area contributed by atoms with Crippen molar-refractivity contribution in [2.45, 2.75) is 26.8 Å². The van der Waals surface area contributed by atoms with Crippen molar-refractivity contribution in [2.24, 2.45) is 5.92 Å². The summed E-state index contributed by atoms with van der Waals surface area (Å²) in [5.74, 6) is 0.520. The van der Waals surface area contributed by atoms with Gasteiger partial charge in [-0.1, -0.05) is 32.0 Å². The Kier molecular flexibility index (Phi) is 6.02. The van der Waals surface area contributed by atoms with E-state index in [1.165, 1.54) is 6.07 Å². The van der Waals surface area contributed by atoms with E-state index in [1.54, 1.807) is 30.3 Å². The molecule has 2 N–H and O–H groups in total. The van der Waals surface area contributed by atoms with E-state index in [0.717, 1.165) is 6.42 Å². The second-order valence-corrected chi connectivity index (χ2v) is 5.69. The molecule has 1 aromatic carbocycles. The maximum atomic E-state index is 13.5. The molecular weight excluding hydrogens is 295 g/mol. The third-order valence-electron chi connectivity index (χ3n) is 3.32. The van der Waals surface area contributed by atoms with Crippen LogP contribution in [0.2, 0.25) is 0 Å². The number of carbonyl (C=O) groups is 1. The molecule has 1 heterocycles. The predicted molar refractivity (Wildman–Crippen MR) is 87.5 cm³/mol. The van der Waals surface area contributed by atoms with Gasteiger partial charge >= 0.3 is 0 Å². The fraction of sp³-hybridized carbons (Fsp3) is 0.353. The van der Waals surface area contributed by atoms with Crippen LogP contribution in [-0.2, 0) is 6.54 Å². The molecule has 0 fully saturated rings. The van der Waals surface area contributed by atoms with E-state index in [1.807, 2.05) is 0 Å². The summed E-state index contributed by atoms with van der Waals surface area (Å²) in [6, 6.07) is 9.79. The Bertz CT molecular complexity index is 643. The Morgan fingerprint density at radius 1 is 1.17 bits per heavy atom. The van der Waals surface area contributed by atoms with E-state index in [-0.39, 0.29) is 17.4 Å². The quantitative estimate of drug-likeness (QED) is 0.824. The zero-order valence-corrected chi connectivity index (χ0v) is 13.3. The monoisotopic (exact) mass is 316 g/mol. The molecular formula is C17H21FN4O. The normalized spacial score (nSPS) is 10.6. The van der Waals surface area contributed by atoms with Crippen molar-refractivity contribution in [3.63, 3.8) is 0 Å². The van der Waals surface area contributed by atoms with Crippen LogP contribution in [0.4, 0.5) is 10.2 Å². The van der Waals surface area contributed by atoms with Gasteiger partial charge in [0.15, 0.2) is 5.69 Å². The summed E-state index contributed by atoms with van der Waals surface area (Å²) in [5, 5.41) is 13.6. The van der Waals surface area contributed by atoms with Gasteiger partial charge in [0.05, 0.1) is 0 Å². The van der Waals surface area contributed by atoms with Crippen molar-refractivity contribution >= 4 is 11.7 Å². The van der Waals surface area contributed by atoms with Crippen LogP contribution in [0, 0.1) is 11.7 Å². The molecule has 0 unspecified atom stereocenters. The highest BCUT2D eigenvalue weighted by atomic mass is 19.1. The maximum absolute atomic E-state index is 13.5. The molecule has 122 valence electrons. The third-order valence-corrected chi connectivity index (χ3v) is 3.32. The predicted octanol–water partition coefficient (Wildman–Crippen LogP) is 3.00. The summed E-state index contributed by atoms with van der Waals surface area (Å²) in [6.07, 6.45) is 0.918. The Hall–Kier alpha value is -2.50. The molecule has 0 saturated heterocycles. The van der Waals surface area contributed by atoms with E-state index >= 15 is 0 Å². The van der Waals surface area contributed by atoms with Gasteiger partial charge in [0.1, 0.15) is 11.6 Å². The summed E-state index contributed by atoms with van der Waals surface area (Å²) < 4.78 is 13.5. The molecule has 2 aromatic rings. The van der Waals surface area contributed by atoms with Gasteiger partial charge < -0.3 is 10.6 Å². The molecule has 6 heteroatoms. The zero-order chi connectivity index (χ0) is 16.7. The topological polar surface area (TPSA) is 66.9 Å². The van der Waals surface area contributed by atoms with Gasteiger partial charge in [-0.2, -0.15) is 0 Å². The number of hydrogen-bond donors (Lipinski definition) is 2. The number of benzene rings is 1. The molecule has 0 saturated carbocycles. The average molecular weight is 316 g/mol. The molecule has 5 nitrogen and oxygen atoms in total. The lowest BCUT2D eigenvalue weighted by Crippen LogP contribution is -2.26. The number of hydrogen-bond acceptors (Lipinski definition) is 4. The maximum Gasteiger partial charge on any atom is 0.271 e. The summed E-state index contributed by atoms with van der Waals surface area (Å²) in [6.45, 7) is 5.12. The van der Waals surface area contributed by atoms with Crippen LogP contribution in [0.5, 0.6) is 0 Å². The van der Waals surface area contributed by atoms with Crippen LogP contribution in [0.25, 0.3) is 0 Å². The molecule has 0 atom stereocenters. The molecule has 2 rings (SSSR count). The van der Waals surface area contributed by atoms with Gasteiger partial charge in [-0.15, -0.1) is 10.2 Å². The Morgan fingerprint density at radius 3 is 2.61 bits per heavy atom. The third kappa shape index (κ3) is 5.32. The van der Waals surface area contributed by atoms with Crippen molar-refractivity contribution in [1.29, 1.82) is 0 Å². The van der Waals surface area contributed by atoms with E-state index in [4.69, 9.17) is 0 Å². The van der Waals surface area contributed by atoms with Crippen molar-refractivity contribution in [2.75, 3.05) is 11.9 Å². The highest BCUT2D eigenvalue weighted by Gasteiger charge is 2.08. The van der Waals surface area contributed by atoms with Gasteiger partial charge in [-0.3, -0.25) is 4.79 Å². The number of carbonyl (C=O) groups excluding carboxylic acids is 1. The van der Waals surface area contributed by atoms with Crippen LogP contribution >= 0.6 is 0 Å². The lowest BCUT2D eigenvalue weighted by Gasteiger charge is -2.08. The Morgan fingerprint density at radius 2 is 1.96 bits per heavy atom.